The van der Waals surface area contributed by atoms with E-state index >= 15 is 0 Å². The third-order valence-corrected chi connectivity index (χ3v) is 5.09. The van der Waals surface area contributed by atoms with Gasteiger partial charge in [0.25, 0.3) is 0 Å². The third-order valence-electron chi connectivity index (χ3n) is 3.96. The molecule has 0 aliphatic carbocycles. The predicted molar refractivity (Wildman–Crippen MR) is 97.1 cm³/mol. The molecule has 0 saturated carbocycles. The maximum Gasteiger partial charge on any atom is 0.416 e. The lowest BCUT2D eigenvalue weighted by atomic mass is 10.1. The summed E-state index contributed by atoms with van der Waals surface area (Å²) in [6.07, 6.45) is -4.46. The summed E-state index contributed by atoms with van der Waals surface area (Å²) in [5.41, 5.74) is -0.997. The second-order valence-electron chi connectivity index (χ2n) is 5.68. The van der Waals surface area contributed by atoms with Crippen LogP contribution in [0.15, 0.2) is 71.5 Å². The van der Waals surface area contributed by atoms with Crippen LogP contribution in [0.1, 0.15) is 5.56 Å². The van der Waals surface area contributed by atoms with Crippen molar-refractivity contribution in [2.24, 2.45) is 0 Å². The lowest BCUT2D eigenvalue weighted by Crippen LogP contribution is -2.05. The van der Waals surface area contributed by atoms with Crippen LogP contribution in [0.5, 0.6) is 11.5 Å². The molecule has 0 N–H and O–H groups in total. The Morgan fingerprint density at radius 1 is 0.846 bits per heavy atom. The highest BCUT2D eigenvalue weighted by molar-refractivity contribution is 7.24. The molecule has 4 rings (SSSR count). The Morgan fingerprint density at radius 3 is 2.38 bits per heavy atom. The number of fused-ring (bicyclic) bond motifs is 2. The first kappa shape index (κ1) is 16.6. The van der Waals surface area contributed by atoms with Crippen molar-refractivity contribution in [3.8, 4) is 11.5 Å². The third kappa shape index (κ3) is 2.93. The van der Waals surface area contributed by atoms with Crippen molar-refractivity contribution in [1.29, 1.82) is 0 Å². The highest BCUT2D eigenvalue weighted by Crippen LogP contribution is 2.35. The molecule has 3 aromatic carbocycles. The maximum absolute atomic E-state index is 12.9. The summed E-state index contributed by atoms with van der Waals surface area (Å²) in [4.78, 5) is 12.9. The predicted octanol–water partition coefficient (Wildman–Crippen LogP) is 6.23. The van der Waals surface area contributed by atoms with Gasteiger partial charge in [-0.15, -0.1) is 11.3 Å². The Balaban J connectivity index is 1.88. The highest BCUT2D eigenvalue weighted by atomic mass is 32.1. The molecule has 4 aromatic rings. The first-order valence-electron chi connectivity index (χ1n) is 7.73. The van der Waals surface area contributed by atoms with Crippen LogP contribution in [-0.2, 0) is 6.18 Å². The molecule has 0 aliphatic rings. The molecule has 130 valence electrons. The van der Waals surface area contributed by atoms with Gasteiger partial charge in [0.1, 0.15) is 11.5 Å². The van der Waals surface area contributed by atoms with Crippen LogP contribution in [0.25, 0.3) is 20.2 Å². The monoisotopic (exact) mass is 372 g/mol. The number of benzene rings is 3. The van der Waals surface area contributed by atoms with Crippen molar-refractivity contribution >= 4 is 31.5 Å². The summed E-state index contributed by atoms with van der Waals surface area (Å²) in [5, 5.41) is 0.929. The minimum Gasteiger partial charge on any atom is -0.457 e. The lowest BCUT2D eigenvalue weighted by molar-refractivity contribution is -0.137. The normalized spacial score (nSPS) is 11.8. The zero-order valence-corrected chi connectivity index (χ0v) is 14.0. The Kier molecular flexibility index (Phi) is 3.92. The molecule has 0 aliphatic heterocycles. The van der Waals surface area contributed by atoms with Gasteiger partial charge in [-0.2, -0.15) is 13.2 Å². The average Bonchev–Trinajstić information content (AvgIpc) is 2.61. The largest absolute Gasteiger partial charge is 0.457 e. The second-order valence-corrected chi connectivity index (χ2v) is 6.77. The van der Waals surface area contributed by atoms with Crippen molar-refractivity contribution in [3.63, 3.8) is 0 Å². The van der Waals surface area contributed by atoms with E-state index in [2.05, 4.69) is 0 Å². The van der Waals surface area contributed by atoms with Gasteiger partial charge in [0.05, 0.1) is 10.9 Å². The quantitative estimate of drug-likeness (QED) is 0.390. The molecule has 0 radical (unpaired) electrons. The minimum atomic E-state index is -4.46. The average molecular weight is 372 g/mol. The number of hydrogen-bond acceptors (Lipinski definition) is 3. The van der Waals surface area contributed by atoms with E-state index < -0.39 is 11.7 Å². The topological polar surface area (TPSA) is 26.3 Å². The summed E-state index contributed by atoms with van der Waals surface area (Å²) < 4.78 is 45.9. The number of rotatable bonds is 2. The van der Waals surface area contributed by atoms with Gasteiger partial charge < -0.3 is 4.74 Å². The van der Waals surface area contributed by atoms with Gasteiger partial charge in [-0.1, -0.05) is 24.3 Å². The van der Waals surface area contributed by atoms with E-state index in [9.17, 15) is 18.0 Å². The number of ether oxygens (including phenoxy) is 1. The second kappa shape index (κ2) is 6.14. The fraction of sp³-hybridized carbons (Fsp3) is 0.0500. The Labute approximate surface area is 150 Å². The first-order valence-corrected chi connectivity index (χ1v) is 8.55. The van der Waals surface area contributed by atoms with Crippen molar-refractivity contribution in [1.82, 2.24) is 0 Å². The standard InChI is InChI=1S/C20H11F3O2S/c21-20(22,23)12-5-3-6-13(11-12)25-15-8-4-10-17-18(15)19(24)14-7-1-2-9-16(14)26-17/h1-11H. The number of hydrogen-bond donors (Lipinski definition) is 0. The van der Waals surface area contributed by atoms with Crippen molar-refractivity contribution in [3.05, 3.63) is 82.5 Å². The number of alkyl halides is 3. The van der Waals surface area contributed by atoms with E-state index in [1.807, 2.05) is 12.1 Å². The van der Waals surface area contributed by atoms with E-state index in [1.54, 1.807) is 30.3 Å². The SMILES string of the molecule is O=c1c2ccccc2sc2cccc(Oc3cccc(C(F)(F)F)c3)c12. The first-order chi connectivity index (χ1) is 12.4. The van der Waals surface area contributed by atoms with Crippen LogP contribution in [0.2, 0.25) is 0 Å². The molecule has 0 amide bonds. The van der Waals surface area contributed by atoms with Crippen LogP contribution in [0, 0.1) is 0 Å². The van der Waals surface area contributed by atoms with Crippen LogP contribution in [0.3, 0.4) is 0 Å². The van der Waals surface area contributed by atoms with E-state index in [0.717, 1.165) is 21.5 Å². The van der Waals surface area contributed by atoms with Crippen LogP contribution in [0.4, 0.5) is 13.2 Å². The smallest absolute Gasteiger partial charge is 0.416 e. The van der Waals surface area contributed by atoms with Gasteiger partial charge in [-0.3, -0.25) is 4.79 Å². The summed E-state index contributed by atoms with van der Waals surface area (Å²) in [7, 11) is 0. The number of halogens is 3. The van der Waals surface area contributed by atoms with E-state index in [4.69, 9.17) is 4.74 Å². The summed E-state index contributed by atoms with van der Waals surface area (Å²) in [5.74, 6) is 0.277. The fourth-order valence-electron chi connectivity index (χ4n) is 2.76. The van der Waals surface area contributed by atoms with Gasteiger partial charge in [0, 0.05) is 14.8 Å². The maximum atomic E-state index is 12.9. The molecular weight excluding hydrogens is 361 g/mol. The highest BCUT2D eigenvalue weighted by Gasteiger charge is 2.30. The molecular formula is C20H11F3O2S. The zero-order chi connectivity index (χ0) is 18.3. The summed E-state index contributed by atoms with van der Waals surface area (Å²) >= 11 is 1.44. The molecule has 1 heterocycles. The van der Waals surface area contributed by atoms with Gasteiger partial charge in [0.15, 0.2) is 5.43 Å². The molecule has 0 unspecified atom stereocenters. The van der Waals surface area contributed by atoms with E-state index in [1.165, 1.54) is 23.5 Å². The minimum absolute atomic E-state index is 0.0323. The van der Waals surface area contributed by atoms with Crippen molar-refractivity contribution < 1.29 is 17.9 Å². The van der Waals surface area contributed by atoms with Gasteiger partial charge in [-0.05, 0) is 42.5 Å². The molecule has 0 atom stereocenters. The van der Waals surface area contributed by atoms with Crippen molar-refractivity contribution in [2.75, 3.05) is 0 Å². The fourth-order valence-corrected chi connectivity index (χ4v) is 3.86. The summed E-state index contributed by atoms with van der Waals surface area (Å²) in [6, 6.07) is 16.9. The van der Waals surface area contributed by atoms with Gasteiger partial charge in [-0.25, -0.2) is 0 Å². The summed E-state index contributed by atoms with van der Waals surface area (Å²) in [6.45, 7) is 0. The molecule has 2 nitrogen and oxygen atoms in total. The Hall–Kier alpha value is -2.86. The Morgan fingerprint density at radius 2 is 1.58 bits per heavy atom. The van der Waals surface area contributed by atoms with Crippen LogP contribution < -0.4 is 10.2 Å². The van der Waals surface area contributed by atoms with E-state index in [-0.39, 0.29) is 16.9 Å². The molecule has 26 heavy (non-hydrogen) atoms. The lowest BCUT2D eigenvalue weighted by Gasteiger charge is -2.11. The van der Waals surface area contributed by atoms with Gasteiger partial charge in [0.2, 0.25) is 0 Å². The molecule has 1 aromatic heterocycles. The molecule has 0 spiro atoms. The van der Waals surface area contributed by atoms with Crippen LogP contribution >= 0.6 is 11.3 Å². The molecule has 0 fully saturated rings. The molecule has 0 bridgehead atoms. The van der Waals surface area contributed by atoms with Gasteiger partial charge >= 0.3 is 6.18 Å². The van der Waals surface area contributed by atoms with E-state index in [0.29, 0.717) is 10.8 Å². The molecule has 0 saturated heterocycles. The molecule has 6 heteroatoms. The zero-order valence-electron chi connectivity index (χ0n) is 13.2. The Bertz CT molecular complexity index is 1180. The van der Waals surface area contributed by atoms with Crippen molar-refractivity contribution in [2.45, 2.75) is 6.18 Å². The van der Waals surface area contributed by atoms with Crippen LogP contribution in [-0.4, -0.2) is 0 Å².